The molecule has 0 amide bonds. The average Bonchev–Trinajstić information content (AvgIpc) is 3.39. The smallest absolute Gasteiger partial charge is 0.358 e. The molecule has 3 heterocycles. The first-order valence-electron chi connectivity index (χ1n) is 9.54. The van der Waals surface area contributed by atoms with Crippen LogP contribution < -0.4 is 10.2 Å². The predicted octanol–water partition coefficient (Wildman–Crippen LogP) is 3.35. The molecule has 1 atom stereocenters. The van der Waals surface area contributed by atoms with Gasteiger partial charge in [0.2, 0.25) is 5.95 Å². The molecule has 3 aromatic rings. The lowest BCUT2D eigenvalue weighted by Crippen LogP contribution is -2.45. The number of benzene rings is 1. The largest absolute Gasteiger partial charge is 0.419 e. The molecule has 2 aromatic heterocycles. The highest BCUT2D eigenvalue weighted by atomic mass is 19.4. The van der Waals surface area contributed by atoms with E-state index in [4.69, 9.17) is 0 Å². The van der Waals surface area contributed by atoms with Gasteiger partial charge in [0.05, 0.1) is 23.6 Å². The Morgan fingerprint density at radius 3 is 2.42 bits per heavy atom. The van der Waals surface area contributed by atoms with Crippen LogP contribution in [0.5, 0.6) is 0 Å². The van der Waals surface area contributed by atoms with E-state index in [0.717, 1.165) is 9.70 Å². The number of hydrogen-bond acceptors (Lipinski definition) is 7. The Balaban J connectivity index is 1.61. The van der Waals surface area contributed by atoms with Gasteiger partial charge in [0.1, 0.15) is 11.7 Å². The summed E-state index contributed by atoms with van der Waals surface area (Å²) in [5.74, 6) is -4.51. The predicted molar refractivity (Wildman–Crippen MR) is 103 cm³/mol. The number of nitrogens with zero attached hydrogens (tertiary/aromatic N) is 6. The van der Waals surface area contributed by atoms with Gasteiger partial charge in [-0.25, -0.2) is 23.1 Å². The van der Waals surface area contributed by atoms with Crippen LogP contribution in [-0.4, -0.2) is 56.3 Å². The van der Waals surface area contributed by atoms with E-state index in [2.05, 4.69) is 25.5 Å². The summed E-state index contributed by atoms with van der Waals surface area (Å²) in [7, 11) is 0. The highest BCUT2D eigenvalue weighted by Crippen LogP contribution is 2.39. The summed E-state index contributed by atoms with van der Waals surface area (Å²) in [6, 6.07) is 0.900. The minimum absolute atomic E-state index is 0.0776. The number of hydrogen-bond donors (Lipinski definition) is 1. The van der Waals surface area contributed by atoms with E-state index in [9.17, 15) is 26.7 Å². The lowest BCUT2D eigenvalue weighted by molar-refractivity contribution is -0.138. The number of anilines is 2. The first-order chi connectivity index (χ1) is 15.6. The minimum Gasteiger partial charge on any atom is -0.358 e. The zero-order valence-corrected chi connectivity index (χ0v) is 16.6. The second-order valence-electron chi connectivity index (χ2n) is 7.17. The lowest BCUT2D eigenvalue weighted by Gasteiger charge is -2.30. The van der Waals surface area contributed by atoms with Crippen molar-refractivity contribution in [3.63, 3.8) is 0 Å². The van der Waals surface area contributed by atoms with Crippen LogP contribution in [0, 0.1) is 5.82 Å². The van der Waals surface area contributed by atoms with Crippen molar-refractivity contribution >= 4 is 17.9 Å². The number of carbonyl (C=O) groups excluding carboxylic acids is 1. The Hall–Kier alpha value is -3.71. The summed E-state index contributed by atoms with van der Waals surface area (Å²) < 4.78 is 82.6. The molecule has 33 heavy (non-hydrogen) atoms. The number of rotatable bonds is 6. The maximum absolute atomic E-state index is 15.4. The van der Waals surface area contributed by atoms with Crippen LogP contribution >= 0.6 is 0 Å². The van der Waals surface area contributed by atoms with E-state index < -0.39 is 42.5 Å². The van der Waals surface area contributed by atoms with Crippen molar-refractivity contribution in [2.24, 2.45) is 0 Å². The highest BCUT2D eigenvalue weighted by Gasteiger charge is 2.49. The topological polar surface area (TPSA) is 88.8 Å². The fraction of sp³-hybridized carbons (Fsp3) is 0.316. The fourth-order valence-electron chi connectivity index (χ4n) is 3.54. The molecule has 0 spiro atoms. The quantitative estimate of drug-likeness (QED) is 0.436. The number of halogens is 6. The normalized spacial score (nSPS) is 17.9. The number of alkyl halides is 5. The molecule has 174 valence electrons. The van der Waals surface area contributed by atoms with Crippen molar-refractivity contribution < 1.29 is 31.1 Å². The fourth-order valence-corrected chi connectivity index (χ4v) is 3.54. The Morgan fingerprint density at radius 2 is 1.82 bits per heavy atom. The Morgan fingerprint density at radius 1 is 1.15 bits per heavy atom. The van der Waals surface area contributed by atoms with Crippen LogP contribution in [0.3, 0.4) is 0 Å². The summed E-state index contributed by atoms with van der Waals surface area (Å²) in [6.07, 6.45) is -1.24. The molecule has 0 saturated carbocycles. The van der Waals surface area contributed by atoms with E-state index in [1.807, 2.05) is 0 Å². The summed E-state index contributed by atoms with van der Waals surface area (Å²) in [5.41, 5.74) is -1.66. The first kappa shape index (κ1) is 22.5. The molecule has 1 saturated heterocycles. The Bertz CT molecular complexity index is 1130. The molecule has 1 aliphatic heterocycles. The molecule has 4 rings (SSSR count). The number of nitrogens with one attached hydrogen (secondary N) is 1. The van der Waals surface area contributed by atoms with Gasteiger partial charge in [-0.15, -0.1) is 4.80 Å². The van der Waals surface area contributed by atoms with Crippen molar-refractivity contribution in [1.29, 1.82) is 0 Å². The number of aldehydes is 1. The van der Waals surface area contributed by atoms with Gasteiger partial charge in [-0.3, -0.25) is 4.79 Å². The molecular weight excluding hydrogens is 456 g/mol. The van der Waals surface area contributed by atoms with E-state index in [1.165, 1.54) is 24.5 Å². The first-order valence-corrected chi connectivity index (χ1v) is 9.54. The van der Waals surface area contributed by atoms with E-state index in [1.54, 1.807) is 0 Å². The van der Waals surface area contributed by atoms with Crippen LogP contribution in [0.25, 0.3) is 5.69 Å². The molecule has 0 aliphatic carbocycles. The molecule has 1 aromatic carbocycles. The molecule has 1 aliphatic rings. The van der Waals surface area contributed by atoms with Crippen molar-refractivity contribution in [3.05, 3.63) is 53.9 Å². The second kappa shape index (κ2) is 8.33. The monoisotopic (exact) mass is 471 g/mol. The van der Waals surface area contributed by atoms with Gasteiger partial charge in [0.15, 0.2) is 12.1 Å². The van der Waals surface area contributed by atoms with Gasteiger partial charge in [0.25, 0.3) is 5.92 Å². The van der Waals surface area contributed by atoms with Gasteiger partial charge in [-0.05, 0) is 12.1 Å². The number of carbonyl (C=O) groups is 1. The maximum Gasteiger partial charge on any atom is 0.419 e. The van der Waals surface area contributed by atoms with E-state index >= 15 is 4.39 Å². The third-order valence-corrected chi connectivity index (χ3v) is 5.16. The standard InChI is InChI=1S/C19H15F6N7O/c20-15-13(2-1-11(10-33)16(15)32-29-4-5-30-32)31-6-3-18(21,22)14(31)9-28-17-26-7-12(8-27-17)19(23,24)25/h1-2,4-5,7-8,10,14H,3,6,9H2,(H,26,27,28)/t14-/m1/s1. The second-order valence-corrected chi connectivity index (χ2v) is 7.17. The molecule has 0 unspecified atom stereocenters. The molecule has 8 nitrogen and oxygen atoms in total. The third kappa shape index (κ3) is 4.32. The van der Waals surface area contributed by atoms with Gasteiger partial charge >= 0.3 is 6.18 Å². The SMILES string of the molecule is O=Cc1ccc(N2CCC(F)(F)[C@H]2CNc2ncc(C(F)(F)F)cn2)c(F)c1-n1nccn1. The average molecular weight is 471 g/mol. The molecule has 1 N–H and O–H groups in total. The zero-order valence-electron chi connectivity index (χ0n) is 16.6. The molecular formula is C19H15F6N7O. The zero-order chi connectivity index (χ0) is 23.8. The minimum atomic E-state index is -4.64. The van der Waals surface area contributed by atoms with Crippen LogP contribution in [0.1, 0.15) is 22.3 Å². The molecule has 1 fully saturated rings. The van der Waals surface area contributed by atoms with Crippen molar-refractivity contribution in [1.82, 2.24) is 25.0 Å². The number of aromatic nitrogens is 5. The van der Waals surface area contributed by atoms with Crippen molar-refractivity contribution in [3.8, 4) is 5.69 Å². The summed E-state index contributed by atoms with van der Waals surface area (Å²) in [5, 5.41) is 10.1. The summed E-state index contributed by atoms with van der Waals surface area (Å²) >= 11 is 0. The molecule has 14 heteroatoms. The summed E-state index contributed by atoms with van der Waals surface area (Å²) in [4.78, 5) is 20.4. The van der Waals surface area contributed by atoms with Crippen LogP contribution in [0.15, 0.2) is 36.9 Å². The highest BCUT2D eigenvalue weighted by molar-refractivity contribution is 5.82. The van der Waals surface area contributed by atoms with Crippen LogP contribution in [0.4, 0.5) is 38.0 Å². The van der Waals surface area contributed by atoms with Crippen molar-refractivity contribution in [2.45, 2.75) is 24.6 Å². The van der Waals surface area contributed by atoms with Gasteiger partial charge in [-0.2, -0.15) is 23.4 Å². The maximum atomic E-state index is 15.4. The van der Waals surface area contributed by atoms with E-state index in [-0.39, 0.29) is 29.4 Å². The Labute approximate surface area is 182 Å². The lowest BCUT2D eigenvalue weighted by atomic mass is 10.1. The molecule has 0 bridgehead atoms. The molecule has 0 radical (unpaired) electrons. The van der Waals surface area contributed by atoms with E-state index in [0.29, 0.717) is 18.7 Å². The third-order valence-electron chi connectivity index (χ3n) is 5.16. The van der Waals surface area contributed by atoms with Crippen molar-refractivity contribution in [2.75, 3.05) is 23.3 Å². The Kier molecular flexibility index (Phi) is 5.68. The van der Waals surface area contributed by atoms with Gasteiger partial charge in [-0.1, -0.05) is 0 Å². The van der Waals surface area contributed by atoms with Gasteiger partial charge in [0, 0.05) is 37.5 Å². The summed E-state index contributed by atoms with van der Waals surface area (Å²) in [6.45, 7) is -0.695. The van der Waals surface area contributed by atoms with Crippen LogP contribution in [-0.2, 0) is 6.18 Å². The van der Waals surface area contributed by atoms with Gasteiger partial charge < -0.3 is 10.2 Å². The van der Waals surface area contributed by atoms with Crippen LogP contribution in [0.2, 0.25) is 0 Å².